The molecular weight excluding hydrogens is 429 g/mol. The zero-order chi connectivity index (χ0) is 22.3. The number of amides is 1. The number of methoxy groups -OCH3 is 1. The summed E-state index contributed by atoms with van der Waals surface area (Å²) in [6.45, 7) is 3.47. The molecule has 2 heterocycles. The molecule has 1 saturated heterocycles. The Morgan fingerprint density at radius 2 is 1.72 bits per heavy atom. The number of anilines is 3. The van der Waals surface area contributed by atoms with Crippen molar-refractivity contribution < 1.29 is 13.9 Å². The third-order valence-corrected chi connectivity index (χ3v) is 5.98. The van der Waals surface area contributed by atoms with Crippen LogP contribution in [0.2, 0.25) is 0 Å². The molecule has 0 atom stereocenters. The maximum Gasteiger partial charge on any atom is 0.234 e. The second kappa shape index (κ2) is 10.3. The van der Waals surface area contributed by atoms with Gasteiger partial charge in [-0.3, -0.25) is 4.79 Å². The Hall–Kier alpha value is -3.33. The van der Waals surface area contributed by atoms with E-state index in [1.807, 2.05) is 18.2 Å². The number of rotatable bonds is 7. The lowest BCUT2D eigenvalue weighted by Crippen LogP contribution is -2.46. The molecule has 166 valence electrons. The summed E-state index contributed by atoms with van der Waals surface area (Å²) in [5.41, 5.74) is 1.73. The average Bonchev–Trinajstić information content (AvgIpc) is 2.84. The topological polar surface area (TPSA) is 70.6 Å². The third kappa shape index (κ3) is 5.67. The highest BCUT2D eigenvalue weighted by molar-refractivity contribution is 7.99. The van der Waals surface area contributed by atoms with E-state index in [-0.39, 0.29) is 17.5 Å². The molecule has 0 aliphatic carbocycles. The van der Waals surface area contributed by atoms with Gasteiger partial charge < -0.3 is 19.9 Å². The molecule has 1 N–H and O–H groups in total. The van der Waals surface area contributed by atoms with Crippen molar-refractivity contribution in [2.45, 2.75) is 5.16 Å². The fourth-order valence-corrected chi connectivity index (χ4v) is 4.05. The zero-order valence-corrected chi connectivity index (χ0v) is 18.5. The normalized spacial score (nSPS) is 13.7. The Morgan fingerprint density at radius 1 is 1.03 bits per heavy atom. The fourth-order valence-electron chi connectivity index (χ4n) is 3.42. The van der Waals surface area contributed by atoms with E-state index in [1.54, 1.807) is 13.3 Å². The minimum absolute atomic E-state index is 0.173. The Labute approximate surface area is 190 Å². The van der Waals surface area contributed by atoms with E-state index in [0.29, 0.717) is 10.8 Å². The predicted molar refractivity (Wildman–Crippen MR) is 125 cm³/mol. The molecule has 9 heteroatoms. The minimum atomic E-state index is -0.340. The number of hydrogen-bond acceptors (Lipinski definition) is 7. The Balaban J connectivity index is 1.29. The summed E-state index contributed by atoms with van der Waals surface area (Å²) in [7, 11) is 1.67. The van der Waals surface area contributed by atoms with Crippen molar-refractivity contribution in [3.8, 4) is 5.75 Å². The molecule has 1 aromatic heterocycles. The molecule has 0 bridgehead atoms. The highest BCUT2D eigenvalue weighted by atomic mass is 32.2. The van der Waals surface area contributed by atoms with Crippen molar-refractivity contribution in [1.29, 1.82) is 0 Å². The van der Waals surface area contributed by atoms with Crippen LogP contribution in [0.3, 0.4) is 0 Å². The summed E-state index contributed by atoms with van der Waals surface area (Å²) >= 11 is 1.27. The molecule has 1 amide bonds. The van der Waals surface area contributed by atoms with Gasteiger partial charge in [0.25, 0.3) is 0 Å². The first-order chi connectivity index (χ1) is 15.6. The number of benzene rings is 2. The van der Waals surface area contributed by atoms with Crippen LogP contribution in [0.4, 0.5) is 21.6 Å². The first-order valence-corrected chi connectivity index (χ1v) is 11.2. The van der Waals surface area contributed by atoms with Gasteiger partial charge in [0.05, 0.1) is 12.9 Å². The highest BCUT2D eigenvalue weighted by Crippen LogP contribution is 2.23. The van der Waals surface area contributed by atoms with Gasteiger partial charge in [-0.05, 0) is 54.6 Å². The van der Waals surface area contributed by atoms with Crippen molar-refractivity contribution in [2.24, 2.45) is 0 Å². The largest absolute Gasteiger partial charge is 0.497 e. The van der Waals surface area contributed by atoms with Crippen LogP contribution in [-0.4, -0.2) is 54.9 Å². The Kier molecular flexibility index (Phi) is 7.06. The molecule has 0 spiro atoms. The van der Waals surface area contributed by atoms with Gasteiger partial charge in [0, 0.05) is 43.8 Å². The molecule has 1 aliphatic rings. The van der Waals surface area contributed by atoms with Gasteiger partial charge in [-0.15, -0.1) is 0 Å². The minimum Gasteiger partial charge on any atom is -0.497 e. The first-order valence-electron chi connectivity index (χ1n) is 10.3. The van der Waals surface area contributed by atoms with E-state index in [2.05, 4.69) is 37.2 Å². The van der Waals surface area contributed by atoms with E-state index in [9.17, 15) is 9.18 Å². The standard InChI is InChI=1S/C23H24FN5O2S/c1-31-20-8-6-19(7-9-20)28-12-14-29(15-13-28)21-10-11-25-23(27-21)32-16-22(30)26-18-4-2-17(24)3-5-18/h2-11H,12-16H2,1H3,(H,26,30). The maximum atomic E-state index is 13.0. The third-order valence-electron chi connectivity index (χ3n) is 5.12. The molecule has 1 aliphatic heterocycles. The van der Waals surface area contributed by atoms with E-state index in [4.69, 9.17) is 4.74 Å². The maximum absolute atomic E-state index is 13.0. The van der Waals surface area contributed by atoms with Crippen LogP contribution in [0, 0.1) is 5.82 Å². The van der Waals surface area contributed by atoms with Gasteiger partial charge in [0.2, 0.25) is 5.91 Å². The lowest BCUT2D eigenvalue weighted by atomic mass is 10.2. The SMILES string of the molecule is COc1ccc(N2CCN(c3ccnc(SCC(=O)Nc4ccc(F)cc4)n3)CC2)cc1. The number of nitrogens with one attached hydrogen (secondary N) is 1. The smallest absolute Gasteiger partial charge is 0.234 e. The number of nitrogens with zero attached hydrogens (tertiary/aromatic N) is 4. The summed E-state index contributed by atoms with van der Waals surface area (Å²) in [6, 6.07) is 15.7. The number of ether oxygens (including phenoxy) is 1. The van der Waals surface area contributed by atoms with Gasteiger partial charge >= 0.3 is 0 Å². The summed E-state index contributed by atoms with van der Waals surface area (Å²) in [4.78, 5) is 25.6. The molecule has 2 aromatic carbocycles. The van der Waals surface area contributed by atoms with Crippen molar-refractivity contribution in [1.82, 2.24) is 9.97 Å². The quantitative estimate of drug-likeness (QED) is 0.432. The van der Waals surface area contributed by atoms with Crippen molar-refractivity contribution >= 4 is 34.9 Å². The van der Waals surface area contributed by atoms with Crippen molar-refractivity contribution in [2.75, 3.05) is 54.2 Å². The molecule has 32 heavy (non-hydrogen) atoms. The van der Waals surface area contributed by atoms with Crippen LogP contribution in [0.1, 0.15) is 0 Å². The zero-order valence-electron chi connectivity index (χ0n) is 17.7. The number of thioether (sulfide) groups is 1. The van der Waals surface area contributed by atoms with E-state index in [0.717, 1.165) is 37.7 Å². The number of aromatic nitrogens is 2. The molecule has 3 aromatic rings. The Morgan fingerprint density at radius 3 is 2.41 bits per heavy atom. The lowest BCUT2D eigenvalue weighted by molar-refractivity contribution is -0.113. The van der Waals surface area contributed by atoms with Crippen LogP contribution in [0.25, 0.3) is 0 Å². The number of carbonyl (C=O) groups excluding carboxylic acids is 1. The summed E-state index contributed by atoms with van der Waals surface area (Å²) in [5.74, 6) is 1.35. The Bertz CT molecular complexity index is 1040. The molecular formula is C23H24FN5O2S. The first kappa shape index (κ1) is 21.9. The number of hydrogen-bond donors (Lipinski definition) is 1. The van der Waals surface area contributed by atoms with Gasteiger partial charge in [-0.25, -0.2) is 14.4 Å². The number of halogens is 1. The molecule has 0 saturated carbocycles. The second-order valence-corrected chi connectivity index (χ2v) is 8.16. The van der Waals surface area contributed by atoms with E-state index in [1.165, 1.54) is 41.7 Å². The number of piperazine rings is 1. The molecule has 0 radical (unpaired) electrons. The second-order valence-electron chi connectivity index (χ2n) is 7.21. The van der Waals surface area contributed by atoms with Crippen LogP contribution in [0.5, 0.6) is 5.75 Å². The average molecular weight is 454 g/mol. The molecule has 0 unspecified atom stereocenters. The van der Waals surface area contributed by atoms with Gasteiger partial charge in [-0.1, -0.05) is 11.8 Å². The molecule has 4 rings (SSSR count). The van der Waals surface area contributed by atoms with Crippen LogP contribution < -0.4 is 19.9 Å². The summed E-state index contributed by atoms with van der Waals surface area (Å²) in [5, 5.41) is 3.29. The summed E-state index contributed by atoms with van der Waals surface area (Å²) in [6.07, 6.45) is 1.72. The van der Waals surface area contributed by atoms with Crippen molar-refractivity contribution in [3.05, 3.63) is 66.6 Å². The van der Waals surface area contributed by atoms with Crippen LogP contribution in [-0.2, 0) is 4.79 Å². The van der Waals surface area contributed by atoms with E-state index >= 15 is 0 Å². The van der Waals surface area contributed by atoms with Gasteiger partial charge in [-0.2, -0.15) is 0 Å². The monoisotopic (exact) mass is 453 g/mol. The lowest BCUT2D eigenvalue weighted by Gasteiger charge is -2.36. The van der Waals surface area contributed by atoms with Crippen LogP contribution in [0.15, 0.2) is 66.0 Å². The number of carbonyl (C=O) groups is 1. The molecule has 1 fully saturated rings. The highest BCUT2D eigenvalue weighted by Gasteiger charge is 2.19. The summed E-state index contributed by atoms with van der Waals surface area (Å²) < 4.78 is 18.2. The predicted octanol–water partition coefficient (Wildman–Crippen LogP) is 3.68. The van der Waals surface area contributed by atoms with Gasteiger partial charge in [0.1, 0.15) is 17.4 Å². The van der Waals surface area contributed by atoms with E-state index < -0.39 is 0 Å². The van der Waals surface area contributed by atoms with Gasteiger partial charge in [0.15, 0.2) is 5.16 Å². The van der Waals surface area contributed by atoms with Crippen molar-refractivity contribution in [3.63, 3.8) is 0 Å². The van der Waals surface area contributed by atoms with Crippen LogP contribution >= 0.6 is 11.8 Å². The fraction of sp³-hybridized carbons (Fsp3) is 0.261. The molecule has 7 nitrogen and oxygen atoms in total.